The molecule has 0 heterocycles. The third-order valence-corrected chi connectivity index (χ3v) is 3.65. The molecule has 0 aromatic heterocycles. The van der Waals surface area contributed by atoms with Gasteiger partial charge >= 0.3 is 0 Å². The molecular weight excluding hydrogens is 204 g/mol. The highest BCUT2D eigenvalue weighted by molar-refractivity contribution is 4.72. The topological polar surface area (TPSA) is 0 Å². The first kappa shape index (κ1) is 22.2. The van der Waals surface area contributed by atoms with Gasteiger partial charge < -0.3 is 0 Å². The molecule has 0 saturated carbocycles. The Bertz CT molecular complexity index is 103. The second-order valence-electron chi connectivity index (χ2n) is 4.41. The first-order valence-electron chi connectivity index (χ1n) is 8.21. The number of rotatable bonds is 7. The fourth-order valence-electron chi connectivity index (χ4n) is 2.52. The third kappa shape index (κ3) is 10.9. The van der Waals surface area contributed by atoms with Gasteiger partial charge in [-0.2, -0.15) is 0 Å². The molecule has 2 atom stereocenters. The van der Waals surface area contributed by atoms with Crippen molar-refractivity contribution in [2.45, 2.75) is 94.4 Å². The van der Waals surface area contributed by atoms with Crippen LogP contribution in [0.25, 0.3) is 0 Å². The van der Waals surface area contributed by atoms with Gasteiger partial charge in [-0.1, -0.05) is 94.4 Å². The molecule has 0 rings (SSSR count). The maximum absolute atomic E-state index is 2.43. The molecule has 0 aromatic carbocycles. The lowest BCUT2D eigenvalue weighted by Crippen LogP contribution is -2.20. The number of hydrogen-bond donors (Lipinski definition) is 0. The van der Waals surface area contributed by atoms with Crippen molar-refractivity contribution >= 4 is 0 Å². The van der Waals surface area contributed by atoms with E-state index in [2.05, 4.69) is 34.6 Å². The van der Waals surface area contributed by atoms with Gasteiger partial charge in [-0.25, -0.2) is 0 Å². The molecule has 0 nitrogen and oxygen atoms in total. The van der Waals surface area contributed by atoms with E-state index in [0.717, 1.165) is 17.8 Å². The Morgan fingerprint density at radius 2 is 1.12 bits per heavy atom. The lowest BCUT2D eigenvalue weighted by molar-refractivity contribution is 0.206. The van der Waals surface area contributed by atoms with Gasteiger partial charge in [-0.05, 0) is 17.8 Å². The summed E-state index contributed by atoms with van der Waals surface area (Å²) in [6.07, 6.45) is 6.87. The molecule has 0 fully saturated rings. The summed E-state index contributed by atoms with van der Waals surface area (Å²) in [7, 11) is 0. The summed E-state index contributed by atoms with van der Waals surface area (Å²) < 4.78 is 0. The van der Waals surface area contributed by atoms with Gasteiger partial charge in [0.25, 0.3) is 0 Å². The Morgan fingerprint density at radius 3 is 1.35 bits per heavy atom. The van der Waals surface area contributed by atoms with Crippen molar-refractivity contribution in [3.63, 3.8) is 0 Å². The normalized spacial score (nSPS) is 13.1. The minimum Gasteiger partial charge on any atom is -0.0683 e. The molecule has 17 heavy (non-hydrogen) atoms. The molecule has 0 amide bonds. The molecule has 0 aliphatic heterocycles. The lowest BCUT2D eigenvalue weighted by Gasteiger charge is -2.30. The van der Waals surface area contributed by atoms with Crippen molar-refractivity contribution in [1.29, 1.82) is 0 Å². The summed E-state index contributed by atoms with van der Waals surface area (Å²) in [5.74, 6) is 2.87. The van der Waals surface area contributed by atoms with Crippen molar-refractivity contribution in [1.82, 2.24) is 0 Å². The van der Waals surface area contributed by atoms with Crippen molar-refractivity contribution in [2.24, 2.45) is 17.8 Å². The molecular formula is C17H40. The molecule has 0 heteroatoms. The molecule has 0 saturated heterocycles. The van der Waals surface area contributed by atoms with Gasteiger partial charge in [0.2, 0.25) is 0 Å². The average Bonchev–Trinajstić information content (AvgIpc) is 2.42. The zero-order chi connectivity index (χ0) is 14.3. The zero-order valence-electron chi connectivity index (χ0n) is 14.3. The van der Waals surface area contributed by atoms with Crippen LogP contribution in [0.2, 0.25) is 0 Å². The largest absolute Gasteiger partial charge is 0.0683 e. The second-order valence-corrected chi connectivity index (χ2v) is 4.41. The van der Waals surface area contributed by atoms with Crippen molar-refractivity contribution in [3.8, 4) is 0 Å². The smallest absolute Gasteiger partial charge is 0.0360 e. The Kier molecular flexibility index (Phi) is 24.0. The Balaban J connectivity index is -0.000000439. The van der Waals surface area contributed by atoms with Crippen LogP contribution < -0.4 is 0 Å². The monoisotopic (exact) mass is 244 g/mol. The van der Waals surface area contributed by atoms with E-state index in [1.807, 2.05) is 27.7 Å². The van der Waals surface area contributed by atoms with Crippen molar-refractivity contribution < 1.29 is 0 Å². The van der Waals surface area contributed by atoms with Gasteiger partial charge in [0.05, 0.1) is 0 Å². The first-order valence-corrected chi connectivity index (χ1v) is 8.21. The van der Waals surface area contributed by atoms with E-state index in [4.69, 9.17) is 0 Å². The molecule has 108 valence electrons. The molecule has 0 aliphatic rings. The second kappa shape index (κ2) is 18.4. The molecule has 0 N–H and O–H groups in total. The van der Waals surface area contributed by atoms with Crippen LogP contribution in [0, 0.1) is 17.8 Å². The minimum atomic E-state index is 0.921. The summed E-state index contributed by atoms with van der Waals surface area (Å²) >= 11 is 0. The minimum absolute atomic E-state index is 0.921. The third-order valence-electron chi connectivity index (χ3n) is 3.65. The van der Waals surface area contributed by atoms with E-state index in [1.54, 1.807) is 0 Å². The van der Waals surface area contributed by atoms with Gasteiger partial charge in [0.15, 0.2) is 0 Å². The van der Waals surface area contributed by atoms with E-state index >= 15 is 0 Å². The number of hydrogen-bond acceptors (Lipinski definition) is 0. The van der Waals surface area contributed by atoms with E-state index in [9.17, 15) is 0 Å². The highest BCUT2D eigenvalue weighted by Gasteiger charge is 2.22. The van der Waals surface area contributed by atoms with Gasteiger partial charge in [0.1, 0.15) is 0 Å². The van der Waals surface area contributed by atoms with Gasteiger partial charge in [-0.15, -0.1) is 0 Å². The van der Waals surface area contributed by atoms with Crippen LogP contribution in [0.4, 0.5) is 0 Å². The zero-order valence-corrected chi connectivity index (χ0v) is 14.3. The average molecular weight is 245 g/mol. The molecule has 0 aliphatic carbocycles. The Hall–Kier alpha value is 0. The molecule has 0 radical (unpaired) electrons. The molecule has 0 spiro atoms. The molecule has 0 aromatic rings. The van der Waals surface area contributed by atoms with Gasteiger partial charge in [0, 0.05) is 0 Å². The summed E-state index contributed by atoms with van der Waals surface area (Å²) in [5, 5.41) is 0. The van der Waals surface area contributed by atoms with Gasteiger partial charge in [-0.3, -0.25) is 0 Å². The predicted octanol–water partition coefficient (Wildman–Crippen LogP) is 6.94. The highest BCUT2D eigenvalue weighted by atomic mass is 14.3. The first-order chi connectivity index (χ1) is 8.21. The van der Waals surface area contributed by atoms with E-state index in [-0.39, 0.29) is 0 Å². The van der Waals surface area contributed by atoms with Crippen LogP contribution in [0.3, 0.4) is 0 Å². The molecule has 0 bridgehead atoms. The quantitative estimate of drug-likeness (QED) is 0.455. The SMILES string of the molecule is CC.CC.CCCC(C(C)CC)C(CC)CC. The maximum atomic E-state index is 2.43. The fraction of sp³-hybridized carbons (Fsp3) is 1.00. The summed E-state index contributed by atoms with van der Waals surface area (Å²) in [4.78, 5) is 0. The van der Waals surface area contributed by atoms with Crippen LogP contribution in [-0.2, 0) is 0 Å². The van der Waals surface area contributed by atoms with Crippen LogP contribution in [0.15, 0.2) is 0 Å². The van der Waals surface area contributed by atoms with E-state index < -0.39 is 0 Å². The van der Waals surface area contributed by atoms with Crippen LogP contribution in [0.5, 0.6) is 0 Å². The Labute approximate surface area is 113 Å². The summed E-state index contributed by atoms with van der Waals surface area (Å²) in [6.45, 7) is 19.8. The van der Waals surface area contributed by atoms with Crippen LogP contribution in [-0.4, -0.2) is 0 Å². The summed E-state index contributed by atoms with van der Waals surface area (Å²) in [5.41, 5.74) is 0. The maximum Gasteiger partial charge on any atom is -0.0360 e. The Morgan fingerprint density at radius 1 is 0.706 bits per heavy atom. The van der Waals surface area contributed by atoms with Crippen LogP contribution >= 0.6 is 0 Å². The summed E-state index contributed by atoms with van der Waals surface area (Å²) in [6, 6.07) is 0. The molecule has 2 unspecified atom stereocenters. The standard InChI is InChI=1S/C13H28.2C2H6/c1-6-10-13(11(5)7-2)12(8-3)9-4;2*1-2/h11-13H,6-10H2,1-5H3;2*1-2H3. The van der Waals surface area contributed by atoms with E-state index in [0.29, 0.717) is 0 Å². The lowest BCUT2D eigenvalue weighted by atomic mass is 9.76. The van der Waals surface area contributed by atoms with Crippen molar-refractivity contribution in [3.05, 3.63) is 0 Å². The van der Waals surface area contributed by atoms with E-state index in [1.165, 1.54) is 32.1 Å². The predicted molar refractivity (Wildman–Crippen MR) is 84.6 cm³/mol. The fourth-order valence-corrected chi connectivity index (χ4v) is 2.52. The van der Waals surface area contributed by atoms with Crippen LogP contribution in [0.1, 0.15) is 94.4 Å². The van der Waals surface area contributed by atoms with Crippen molar-refractivity contribution in [2.75, 3.05) is 0 Å². The highest BCUT2D eigenvalue weighted by Crippen LogP contribution is 2.32.